The van der Waals surface area contributed by atoms with E-state index in [-0.39, 0.29) is 11.6 Å². The van der Waals surface area contributed by atoms with Gasteiger partial charge in [-0.2, -0.15) is 0 Å². The van der Waals surface area contributed by atoms with Crippen molar-refractivity contribution in [1.29, 1.82) is 0 Å². The van der Waals surface area contributed by atoms with Crippen molar-refractivity contribution in [1.82, 2.24) is 4.98 Å². The molecule has 17 heavy (non-hydrogen) atoms. The van der Waals surface area contributed by atoms with Gasteiger partial charge < -0.3 is 5.11 Å². The molecule has 1 heterocycles. The van der Waals surface area contributed by atoms with Crippen LogP contribution < -0.4 is 0 Å². The highest BCUT2D eigenvalue weighted by atomic mass is 19.1. The molecular weight excluding hydrogens is 217 g/mol. The first-order valence-corrected chi connectivity index (χ1v) is 6.36. The summed E-state index contributed by atoms with van der Waals surface area (Å²) in [6.07, 6.45) is 3.90. The van der Waals surface area contributed by atoms with Gasteiger partial charge in [0.25, 0.3) is 0 Å². The zero-order chi connectivity index (χ0) is 12.4. The van der Waals surface area contributed by atoms with E-state index in [0.29, 0.717) is 11.8 Å². The van der Waals surface area contributed by atoms with E-state index >= 15 is 0 Å². The number of hydrogen-bond donors (Lipinski definition) is 1. The van der Waals surface area contributed by atoms with Gasteiger partial charge >= 0.3 is 0 Å². The molecular formula is C14H20FNO. The summed E-state index contributed by atoms with van der Waals surface area (Å²) in [5, 5.41) is 10.3. The Labute approximate surface area is 102 Å². The lowest BCUT2D eigenvalue weighted by atomic mass is 9.74. The van der Waals surface area contributed by atoms with Crippen molar-refractivity contribution in [3.05, 3.63) is 29.8 Å². The Kier molecular flexibility index (Phi) is 3.77. The smallest absolute Gasteiger partial charge is 0.147 e. The zero-order valence-corrected chi connectivity index (χ0v) is 10.4. The van der Waals surface area contributed by atoms with Crippen LogP contribution in [0.25, 0.3) is 0 Å². The molecule has 1 aliphatic rings. The fraction of sp³-hybridized carbons (Fsp3) is 0.643. The molecule has 3 unspecified atom stereocenters. The second-order valence-corrected chi connectivity index (χ2v) is 5.49. The molecule has 2 nitrogen and oxygen atoms in total. The minimum absolute atomic E-state index is 0.137. The lowest BCUT2D eigenvalue weighted by Crippen LogP contribution is -2.25. The van der Waals surface area contributed by atoms with Crippen LogP contribution >= 0.6 is 0 Å². The molecule has 0 spiro atoms. The van der Waals surface area contributed by atoms with Crippen LogP contribution in [0.3, 0.4) is 0 Å². The second kappa shape index (κ2) is 5.13. The van der Waals surface area contributed by atoms with E-state index in [1.165, 1.54) is 18.7 Å². The summed E-state index contributed by atoms with van der Waals surface area (Å²) in [7, 11) is 0. The monoisotopic (exact) mass is 237 g/mol. The summed E-state index contributed by atoms with van der Waals surface area (Å²) in [5.74, 6) is 0.944. The van der Waals surface area contributed by atoms with Crippen LogP contribution in [-0.4, -0.2) is 10.1 Å². The standard InChI is InChI=1S/C14H20FNO/c1-9-6-10(2)8-11(7-9)14(17)13-12(15)4-3-5-16-13/h3-5,9-11,14,17H,6-8H2,1-2H3. The largest absolute Gasteiger partial charge is 0.386 e. The van der Waals surface area contributed by atoms with Crippen LogP contribution in [0.2, 0.25) is 0 Å². The van der Waals surface area contributed by atoms with Crippen molar-refractivity contribution >= 4 is 0 Å². The van der Waals surface area contributed by atoms with Gasteiger partial charge in [-0.3, -0.25) is 4.98 Å². The molecule has 0 radical (unpaired) electrons. The Hall–Kier alpha value is -0.960. The van der Waals surface area contributed by atoms with Crippen LogP contribution in [0.4, 0.5) is 4.39 Å². The maximum atomic E-state index is 13.6. The van der Waals surface area contributed by atoms with Gasteiger partial charge in [0.1, 0.15) is 17.6 Å². The number of pyridine rings is 1. The number of aliphatic hydroxyl groups is 1. The fourth-order valence-electron chi connectivity index (χ4n) is 3.11. The summed E-state index contributed by atoms with van der Waals surface area (Å²) >= 11 is 0. The van der Waals surface area contributed by atoms with Crippen LogP contribution in [-0.2, 0) is 0 Å². The molecule has 1 aromatic rings. The minimum Gasteiger partial charge on any atom is -0.386 e. The molecule has 3 heteroatoms. The zero-order valence-electron chi connectivity index (χ0n) is 10.4. The first-order valence-electron chi connectivity index (χ1n) is 6.36. The highest BCUT2D eigenvalue weighted by molar-refractivity contribution is 5.11. The normalized spacial score (nSPS) is 31.2. The Morgan fingerprint density at radius 2 is 1.94 bits per heavy atom. The number of nitrogens with zero attached hydrogens (tertiary/aromatic N) is 1. The average molecular weight is 237 g/mol. The van der Waals surface area contributed by atoms with E-state index < -0.39 is 11.9 Å². The molecule has 1 fully saturated rings. The number of aromatic nitrogens is 1. The maximum absolute atomic E-state index is 13.6. The van der Waals surface area contributed by atoms with Crippen molar-refractivity contribution in [2.45, 2.75) is 39.2 Å². The van der Waals surface area contributed by atoms with Crippen LogP contribution in [0.1, 0.15) is 44.9 Å². The topological polar surface area (TPSA) is 33.1 Å². The van der Waals surface area contributed by atoms with Crippen LogP contribution in [0, 0.1) is 23.6 Å². The quantitative estimate of drug-likeness (QED) is 0.856. The van der Waals surface area contributed by atoms with E-state index in [2.05, 4.69) is 18.8 Å². The highest BCUT2D eigenvalue weighted by Gasteiger charge is 2.31. The summed E-state index contributed by atoms with van der Waals surface area (Å²) in [6.45, 7) is 4.40. The average Bonchev–Trinajstić information content (AvgIpc) is 2.27. The first-order chi connectivity index (χ1) is 8.08. The lowest BCUT2D eigenvalue weighted by molar-refractivity contribution is 0.0494. The molecule has 1 aliphatic carbocycles. The number of halogens is 1. The molecule has 0 amide bonds. The molecule has 0 saturated heterocycles. The van der Waals surface area contributed by atoms with Gasteiger partial charge in [-0.1, -0.05) is 13.8 Å². The van der Waals surface area contributed by atoms with Gasteiger partial charge in [0.05, 0.1) is 0 Å². The van der Waals surface area contributed by atoms with Crippen molar-refractivity contribution in [3.63, 3.8) is 0 Å². The molecule has 2 rings (SSSR count). The summed E-state index contributed by atoms with van der Waals surface area (Å²) < 4.78 is 13.6. The summed E-state index contributed by atoms with van der Waals surface area (Å²) in [4.78, 5) is 3.98. The third-order valence-corrected chi connectivity index (χ3v) is 3.73. The molecule has 0 bridgehead atoms. The Bertz CT molecular complexity index is 372. The predicted molar refractivity (Wildman–Crippen MR) is 64.8 cm³/mol. The Morgan fingerprint density at radius 3 is 2.53 bits per heavy atom. The van der Waals surface area contributed by atoms with E-state index in [1.54, 1.807) is 6.07 Å². The third-order valence-electron chi connectivity index (χ3n) is 3.73. The highest BCUT2D eigenvalue weighted by Crippen LogP contribution is 2.39. The Balaban J connectivity index is 2.14. The molecule has 1 saturated carbocycles. The van der Waals surface area contributed by atoms with Gasteiger partial charge in [0.15, 0.2) is 0 Å². The molecule has 0 aliphatic heterocycles. The van der Waals surface area contributed by atoms with Gasteiger partial charge in [-0.25, -0.2) is 4.39 Å². The lowest BCUT2D eigenvalue weighted by Gasteiger charge is -2.34. The van der Waals surface area contributed by atoms with E-state index in [9.17, 15) is 9.50 Å². The van der Waals surface area contributed by atoms with Crippen molar-refractivity contribution < 1.29 is 9.50 Å². The van der Waals surface area contributed by atoms with E-state index in [4.69, 9.17) is 0 Å². The molecule has 0 aromatic carbocycles. The molecule has 94 valence electrons. The molecule has 3 atom stereocenters. The summed E-state index contributed by atoms with van der Waals surface area (Å²) in [5.41, 5.74) is 0.207. The van der Waals surface area contributed by atoms with Crippen molar-refractivity contribution in [2.24, 2.45) is 17.8 Å². The first kappa shape index (κ1) is 12.5. The van der Waals surface area contributed by atoms with Gasteiger partial charge in [-0.15, -0.1) is 0 Å². The van der Waals surface area contributed by atoms with E-state index in [1.807, 2.05) is 0 Å². The molecule has 1 N–H and O–H groups in total. The number of rotatable bonds is 2. The third kappa shape index (κ3) is 2.83. The fourth-order valence-corrected chi connectivity index (χ4v) is 3.11. The predicted octanol–water partition coefficient (Wildman–Crippen LogP) is 3.33. The van der Waals surface area contributed by atoms with E-state index in [0.717, 1.165) is 12.8 Å². The van der Waals surface area contributed by atoms with Crippen molar-refractivity contribution in [3.8, 4) is 0 Å². The SMILES string of the molecule is CC1CC(C)CC(C(O)c2ncccc2F)C1. The van der Waals surface area contributed by atoms with Crippen LogP contribution in [0.15, 0.2) is 18.3 Å². The second-order valence-electron chi connectivity index (χ2n) is 5.49. The van der Waals surface area contributed by atoms with Gasteiger partial charge in [0.2, 0.25) is 0 Å². The number of aliphatic hydroxyl groups excluding tert-OH is 1. The van der Waals surface area contributed by atoms with Crippen LogP contribution in [0.5, 0.6) is 0 Å². The van der Waals surface area contributed by atoms with Crippen molar-refractivity contribution in [2.75, 3.05) is 0 Å². The number of hydrogen-bond acceptors (Lipinski definition) is 2. The summed E-state index contributed by atoms with van der Waals surface area (Å²) in [6, 6.07) is 2.92. The molecule has 1 aromatic heterocycles. The minimum atomic E-state index is -0.763. The maximum Gasteiger partial charge on any atom is 0.147 e. The van der Waals surface area contributed by atoms with Gasteiger partial charge in [-0.05, 0) is 49.1 Å². The Morgan fingerprint density at radius 1 is 1.29 bits per heavy atom. The van der Waals surface area contributed by atoms with Gasteiger partial charge in [0, 0.05) is 6.20 Å².